The highest BCUT2D eigenvalue weighted by Crippen LogP contribution is 2.46. The summed E-state index contributed by atoms with van der Waals surface area (Å²) in [5, 5.41) is 7.48. The molecule has 0 unspecified atom stereocenters. The van der Waals surface area contributed by atoms with Crippen LogP contribution in [0.3, 0.4) is 0 Å². The molecule has 0 amide bonds. The molecular formula is C50H30N4. The van der Waals surface area contributed by atoms with E-state index in [1.165, 1.54) is 82.3 Å². The van der Waals surface area contributed by atoms with Crippen molar-refractivity contribution in [1.82, 2.24) is 19.1 Å². The van der Waals surface area contributed by atoms with E-state index in [0.29, 0.717) is 0 Å². The molecule has 0 radical (unpaired) electrons. The van der Waals surface area contributed by atoms with Crippen LogP contribution >= 0.6 is 0 Å². The highest BCUT2D eigenvalue weighted by atomic mass is 15.0. The van der Waals surface area contributed by atoms with E-state index in [-0.39, 0.29) is 0 Å². The minimum Gasteiger partial charge on any atom is -0.309 e. The lowest BCUT2D eigenvalue weighted by Crippen LogP contribution is -1.95. The number of hydrogen-bond acceptors (Lipinski definition) is 2. The van der Waals surface area contributed by atoms with Crippen molar-refractivity contribution in [2.24, 2.45) is 0 Å². The third kappa shape index (κ3) is 4.13. The number of aromatic nitrogens is 4. The molecular weight excluding hydrogens is 657 g/mol. The quantitative estimate of drug-likeness (QED) is 0.185. The van der Waals surface area contributed by atoms with E-state index in [2.05, 4.69) is 185 Å². The second-order valence-corrected chi connectivity index (χ2v) is 14.2. The molecule has 4 nitrogen and oxygen atoms in total. The Morgan fingerprint density at radius 1 is 0.370 bits per heavy atom. The first-order valence-corrected chi connectivity index (χ1v) is 18.4. The molecule has 0 aliphatic heterocycles. The standard InChI is InChI=1S/C50H30N4/c1-2-12-35(13-3-1)53-44-18-6-4-14-37(44)41-28-33(22-26-46(41)53)34-23-27-47-42(29-34)38-15-5-7-19-45(38)54(47)36-24-20-32(21-25-36)50-51-30-43-39-16-8-10-31-11-9-17-40(48(31)39)49(43)52-50/h1-30H. The van der Waals surface area contributed by atoms with E-state index >= 15 is 0 Å². The van der Waals surface area contributed by atoms with Gasteiger partial charge in [0, 0.05) is 55.8 Å². The normalized spacial score (nSPS) is 12.1. The summed E-state index contributed by atoms with van der Waals surface area (Å²) >= 11 is 0. The number of benzene rings is 8. The maximum atomic E-state index is 5.13. The average Bonchev–Trinajstić information content (AvgIpc) is 3.87. The van der Waals surface area contributed by atoms with Crippen LogP contribution in [-0.2, 0) is 0 Å². The van der Waals surface area contributed by atoms with Crippen LogP contribution in [0.15, 0.2) is 182 Å². The van der Waals surface area contributed by atoms with Crippen molar-refractivity contribution in [3.8, 4) is 56.3 Å². The van der Waals surface area contributed by atoms with Crippen LogP contribution in [-0.4, -0.2) is 19.1 Å². The van der Waals surface area contributed by atoms with E-state index in [9.17, 15) is 0 Å². The minimum absolute atomic E-state index is 0.737. The molecule has 11 aromatic rings. The lowest BCUT2D eigenvalue weighted by molar-refractivity contribution is 1.17. The van der Waals surface area contributed by atoms with Crippen molar-refractivity contribution in [2.45, 2.75) is 0 Å². The second-order valence-electron chi connectivity index (χ2n) is 14.2. The Labute approximate surface area is 310 Å². The number of fused-ring (bicyclic) bond motifs is 9. The fourth-order valence-corrected chi connectivity index (χ4v) is 8.88. The number of para-hydroxylation sites is 3. The maximum Gasteiger partial charge on any atom is 0.159 e. The van der Waals surface area contributed by atoms with Crippen LogP contribution in [0.1, 0.15) is 0 Å². The van der Waals surface area contributed by atoms with Gasteiger partial charge in [-0.15, -0.1) is 0 Å². The van der Waals surface area contributed by atoms with E-state index in [1.54, 1.807) is 0 Å². The van der Waals surface area contributed by atoms with Crippen LogP contribution in [0.2, 0.25) is 0 Å². The van der Waals surface area contributed by atoms with Crippen molar-refractivity contribution in [1.29, 1.82) is 0 Å². The van der Waals surface area contributed by atoms with Crippen LogP contribution in [0.25, 0.3) is 111 Å². The van der Waals surface area contributed by atoms with Crippen LogP contribution in [0, 0.1) is 0 Å². The third-order valence-corrected chi connectivity index (χ3v) is 11.3. The first-order chi connectivity index (χ1) is 26.8. The Kier molecular flexibility index (Phi) is 6.02. The van der Waals surface area contributed by atoms with Gasteiger partial charge in [-0.3, -0.25) is 0 Å². The Morgan fingerprint density at radius 3 is 1.56 bits per heavy atom. The zero-order chi connectivity index (χ0) is 35.3. The molecule has 54 heavy (non-hydrogen) atoms. The summed E-state index contributed by atoms with van der Waals surface area (Å²) < 4.78 is 4.74. The topological polar surface area (TPSA) is 35.6 Å². The van der Waals surface area contributed by atoms with Gasteiger partial charge in [0.1, 0.15) is 0 Å². The molecule has 0 atom stereocenters. The molecule has 3 aromatic heterocycles. The first-order valence-electron chi connectivity index (χ1n) is 18.4. The Hall–Kier alpha value is -7.30. The van der Waals surface area contributed by atoms with Crippen molar-refractivity contribution in [2.75, 3.05) is 0 Å². The summed E-state index contributed by atoms with van der Waals surface area (Å²) in [4.78, 5) is 9.98. The number of rotatable bonds is 4. The molecule has 4 heteroatoms. The molecule has 3 heterocycles. The Morgan fingerprint density at radius 2 is 0.907 bits per heavy atom. The predicted molar refractivity (Wildman–Crippen MR) is 224 cm³/mol. The summed E-state index contributed by atoms with van der Waals surface area (Å²) in [6.07, 6.45) is 1.99. The van der Waals surface area contributed by atoms with Gasteiger partial charge in [0.05, 0.1) is 27.8 Å². The van der Waals surface area contributed by atoms with Crippen molar-refractivity contribution in [3.63, 3.8) is 0 Å². The molecule has 1 aliphatic rings. The van der Waals surface area contributed by atoms with Gasteiger partial charge in [0.15, 0.2) is 5.82 Å². The van der Waals surface area contributed by atoms with Gasteiger partial charge in [0.2, 0.25) is 0 Å². The first kappa shape index (κ1) is 29.3. The number of nitrogens with zero attached hydrogens (tertiary/aromatic N) is 4. The largest absolute Gasteiger partial charge is 0.309 e. The summed E-state index contributed by atoms with van der Waals surface area (Å²) in [7, 11) is 0. The zero-order valence-electron chi connectivity index (χ0n) is 29.1. The fourth-order valence-electron chi connectivity index (χ4n) is 8.88. The SMILES string of the molecule is c1ccc(-n2c3ccccc3c3cc(-c4ccc5c(c4)c4ccccc4n5-c4ccc(-c5ncc6c(n5)-c5cccc7cccc-6c57)cc4)ccc32)cc1. The van der Waals surface area contributed by atoms with E-state index in [1.807, 2.05) is 6.20 Å². The molecule has 12 rings (SSSR count). The lowest BCUT2D eigenvalue weighted by atomic mass is 10.0. The van der Waals surface area contributed by atoms with Gasteiger partial charge >= 0.3 is 0 Å². The second kappa shape index (κ2) is 11.1. The predicted octanol–water partition coefficient (Wildman–Crippen LogP) is 12.8. The van der Waals surface area contributed by atoms with Gasteiger partial charge in [-0.25, -0.2) is 9.97 Å². The molecule has 1 aliphatic carbocycles. The molecule has 0 saturated carbocycles. The van der Waals surface area contributed by atoms with Crippen LogP contribution in [0.5, 0.6) is 0 Å². The molecule has 8 aromatic carbocycles. The van der Waals surface area contributed by atoms with Crippen molar-refractivity contribution in [3.05, 3.63) is 182 Å². The molecule has 0 fully saturated rings. The molecule has 0 N–H and O–H groups in total. The summed E-state index contributed by atoms with van der Waals surface area (Å²) in [5.41, 5.74) is 15.0. The Balaban J connectivity index is 0.950. The average molecular weight is 687 g/mol. The third-order valence-electron chi connectivity index (χ3n) is 11.3. The summed E-state index contributed by atoms with van der Waals surface area (Å²) in [6.45, 7) is 0. The van der Waals surface area contributed by atoms with Crippen LogP contribution < -0.4 is 0 Å². The lowest BCUT2D eigenvalue weighted by Gasteiger charge is -2.10. The van der Waals surface area contributed by atoms with Gasteiger partial charge < -0.3 is 9.13 Å². The molecule has 0 bridgehead atoms. The van der Waals surface area contributed by atoms with Crippen molar-refractivity contribution >= 4 is 54.4 Å². The maximum absolute atomic E-state index is 5.13. The Bertz CT molecular complexity index is 3310. The van der Waals surface area contributed by atoms with Gasteiger partial charge in [-0.1, -0.05) is 103 Å². The smallest absolute Gasteiger partial charge is 0.159 e. The fraction of sp³-hybridized carbons (Fsp3) is 0. The summed E-state index contributed by atoms with van der Waals surface area (Å²) in [5.74, 6) is 0.737. The highest BCUT2D eigenvalue weighted by Gasteiger charge is 2.24. The van der Waals surface area contributed by atoms with Crippen molar-refractivity contribution < 1.29 is 0 Å². The van der Waals surface area contributed by atoms with Gasteiger partial charge in [-0.2, -0.15) is 0 Å². The van der Waals surface area contributed by atoms with Gasteiger partial charge in [0.25, 0.3) is 0 Å². The van der Waals surface area contributed by atoms with E-state index in [4.69, 9.17) is 9.97 Å². The van der Waals surface area contributed by atoms with Gasteiger partial charge in [-0.05, 0) is 100 Å². The van der Waals surface area contributed by atoms with E-state index < -0.39 is 0 Å². The number of hydrogen-bond donors (Lipinski definition) is 0. The monoisotopic (exact) mass is 686 g/mol. The van der Waals surface area contributed by atoms with Crippen LogP contribution in [0.4, 0.5) is 0 Å². The highest BCUT2D eigenvalue weighted by molar-refractivity contribution is 6.15. The minimum atomic E-state index is 0.737. The molecule has 0 saturated heterocycles. The summed E-state index contributed by atoms with van der Waals surface area (Å²) in [6, 6.07) is 63.5. The molecule has 250 valence electrons. The zero-order valence-corrected chi connectivity index (χ0v) is 29.1. The molecule has 0 spiro atoms. The van der Waals surface area contributed by atoms with E-state index in [0.717, 1.165) is 28.3 Å².